The highest BCUT2D eigenvalue weighted by molar-refractivity contribution is 5.99. The molecule has 2 aliphatic rings. The van der Waals surface area contributed by atoms with Crippen LogP contribution < -0.4 is 16.0 Å². The number of amides is 2. The number of alkyl halides is 3. The van der Waals surface area contributed by atoms with Crippen molar-refractivity contribution in [3.63, 3.8) is 0 Å². The van der Waals surface area contributed by atoms with Crippen LogP contribution in [0.1, 0.15) is 74.0 Å². The Morgan fingerprint density at radius 1 is 1.26 bits per heavy atom. The van der Waals surface area contributed by atoms with Crippen LogP contribution in [0.3, 0.4) is 0 Å². The van der Waals surface area contributed by atoms with Gasteiger partial charge in [-0.05, 0) is 63.6 Å². The number of pyridine rings is 1. The van der Waals surface area contributed by atoms with E-state index < -0.39 is 30.3 Å². The summed E-state index contributed by atoms with van der Waals surface area (Å²) in [5, 5.41) is 8.15. The normalized spacial score (nSPS) is 21.7. The van der Waals surface area contributed by atoms with E-state index in [1.54, 1.807) is 24.5 Å². The van der Waals surface area contributed by atoms with Gasteiger partial charge in [0.1, 0.15) is 11.9 Å². The fourth-order valence-electron chi connectivity index (χ4n) is 4.46. The molecule has 1 fully saturated rings. The first-order valence-electron chi connectivity index (χ1n) is 11.4. The molecular weight excluding hydrogens is 465 g/mol. The van der Waals surface area contributed by atoms with Gasteiger partial charge in [-0.2, -0.15) is 13.2 Å². The minimum Gasteiger partial charge on any atom is -0.446 e. The lowest BCUT2D eigenvalue weighted by Crippen LogP contribution is -2.37. The maximum atomic E-state index is 12.4. The molecule has 1 saturated carbocycles. The summed E-state index contributed by atoms with van der Waals surface area (Å²) in [5.74, 6) is 0.781. The Morgan fingerprint density at radius 3 is 2.66 bits per heavy atom. The van der Waals surface area contributed by atoms with Crippen LogP contribution in [0.4, 0.5) is 29.7 Å². The SMILES string of the molecule is C[C@@H](CC(F)(F)F)NC(=O)O[C@H]1CC[C@@H](c2cnc(Nc3ccc4c(n3)C(C)(C)NC4=O)nc2)C1. The first kappa shape index (κ1) is 24.7. The molecule has 12 heteroatoms. The number of rotatable bonds is 6. The lowest BCUT2D eigenvalue weighted by atomic mass is 10.0. The van der Waals surface area contributed by atoms with Crippen LogP contribution in [0.25, 0.3) is 0 Å². The molecule has 0 bridgehead atoms. The highest BCUT2D eigenvalue weighted by Crippen LogP contribution is 2.36. The predicted molar refractivity (Wildman–Crippen MR) is 120 cm³/mol. The monoisotopic (exact) mass is 492 g/mol. The number of carbonyl (C=O) groups is 2. The quantitative estimate of drug-likeness (QED) is 0.550. The average molecular weight is 493 g/mol. The van der Waals surface area contributed by atoms with Gasteiger partial charge in [-0.3, -0.25) is 4.79 Å². The number of nitrogens with one attached hydrogen (secondary N) is 3. The van der Waals surface area contributed by atoms with Crippen molar-refractivity contribution >= 4 is 23.8 Å². The first-order chi connectivity index (χ1) is 16.4. The van der Waals surface area contributed by atoms with E-state index in [2.05, 4.69) is 30.9 Å². The molecule has 35 heavy (non-hydrogen) atoms. The minimum atomic E-state index is -4.35. The summed E-state index contributed by atoms with van der Waals surface area (Å²) in [6, 6.07) is 2.34. The number of ether oxygens (including phenoxy) is 1. The van der Waals surface area contributed by atoms with Crippen LogP contribution in [-0.2, 0) is 10.3 Å². The Hall–Kier alpha value is -3.44. The molecule has 9 nitrogen and oxygen atoms in total. The van der Waals surface area contributed by atoms with Crippen LogP contribution in [0.15, 0.2) is 24.5 Å². The van der Waals surface area contributed by atoms with Crippen molar-refractivity contribution in [3.05, 3.63) is 41.3 Å². The van der Waals surface area contributed by atoms with Crippen molar-refractivity contribution in [3.8, 4) is 0 Å². The lowest BCUT2D eigenvalue weighted by Gasteiger charge is -2.18. The molecule has 4 rings (SSSR count). The van der Waals surface area contributed by atoms with Gasteiger partial charge < -0.3 is 20.7 Å². The Labute approximate surface area is 200 Å². The Kier molecular flexibility index (Phi) is 6.56. The molecular formula is C23H27F3N6O3. The number of halogens is 3. The molecule has 3 atom stereocenters. The third-order valence-corrected chi connectivity index (χ3v) is 6.10. The molecule has 0 spiro atoms. The smallest absolute Gasteiger partial charge is 0.407 e. The second kappa shape index (κ2) is 9.31. The minimum absolute atomic E-state index is 0.0745. The van der Waals surface area contributed by atoms with Crippen molar-refractivity contribution in [2.24, 2.45) is 0 Å². The number of hydrogen-bond acceptors (Lipinski definition) is 7. The van der Waals surface area contributed by atoms with Gasteiger partial charge in [0.05, 0.1) is 23.2 Å². The third kappa shape index (κ3) is 5.98. The second-order valence-corrected chi connectivity index (χ2v) is 9.54. The van der Waals surface area contributed by atoms with E-state index >= 15 is 0 Å². The predicted octanol–water partition coefficient (Wildman–Crippen LogP) is 4.30. The molecule has 0 saturated heterocycles. The number of carbonyl (C=O) groups excluding carboxylic acids is 2. The van der Waals surface area contributed by atoms with E-state index in [-0.39, 0.29) is 17.9 Å². The molecule has 0 radical (unpaired) electrons. The summed E-state index contributed by atoms with van der Waals surface area (Å²) in [6.07, 6.45) is -1.42. The lowest BCUT2D eigenvalue weighted by molar-refractivity contribution is -0.138. The Bertz CT molecular complexity index is 1110. The van der Waals surface area contributed by atoms with Crippen LogP contribution in [-0.4, -0.2) is 45.3 Å². The summed E-state index contributed by atoms with van der Waals surface area (Å²) in [5.41, 5.74) is 1.50. The van der Waals surface area contributed by atoms with E-state index in [1.807, 2.05) is 13.8 Å². The molecule has 0 unspecified atom stereocenters. The summed E-state index contributed by atoms with van der Waals surface area (Å²) in [6.45, 7) is 5.04. The largest absolute Gasteiger partial charge is 0.446 e. The van der Waals surface area contributed by atoms with E-state index in [9.17, 15) is 22.8 Å². The zero-order valence-corrected chi connectivity index (χ0v) is 19.6. The summed E-state index contributed by atoms with van der Waals surface area (Å²) in [7, 11) is 0. The number of anilines is 2. The molecule has 3 heterocycles. The van der Waals surface area contributed by atoms with Gasteiger partial charge in [-0.25, -0.2) is 19.7 Å². The maximum Gasteiger partial charge on any atom is 0.407 e. The average Bonchev–Trinajstić information content (AvgIpc) is 3.29. The highest BCUT2D eigenvalue weighted by atomic mass is 19.4. The fourth-order valence-corrected chi connectivity index (χ4v) is 4.46. The number of fused-ring (bicyclic) bond motifs is 1. The van der Waals surface area contributed by atoms with E-state index in [1.165, 1.54) is 6.92 Å². The summed E-state index contributed by atoms with van der Waals surface area (Å²) in [4.78, 5) is 37.2. The molecule has 2 aromatic rings. The number of alkyl carbamates (subject to hydrolysis) is 1. The van der Waals surface area contributed by atoms with Crippen LogP contribution in [0.2, 0.25) is 0 Å². The highest BCUT2D eigenvalue weighted by Gasteiger charge is 2.37. The molecule has 2 aromatic heterocycles. The van der Waals surface area contributed by atoms with Crippen molar-refractivity contribution in [2.75, 3.05) is 5.32 Å². The van der Waals surface area contributed by atoms with Crippen molar-refractivity contribution in [1.29, 1.82) is 0 Å². The van der Waals surface area contributed by atoms with E-state index in [4.69, 9.17) is 4.74 Å². The fraction of sp³-hybridized carbons (Fsp3) is 0.522. The van der Waals surface area contributed by atoms with Gasteiger partial charge in [-0.15, -0.1) is 0 Å². The van der Waals surface area contributed by atoms with Crippen molar-refractivity contribution < 1.29 is 27.5 Å². The Morgan fingerprint density at radius 2 is 1.97 bits per heavy atom. The molecule has 188 valence electrons. The first-order valence-corrected chi connectivity index (χ1v) is 11.4. The van der Waals surface area contributed by atoms with Gasteiger partial charge >= 0.3 is 12.3 Å². The van der Waals surface area contributed by atoms with Gasteiger partial charge in [-0.1, -0.05) is 0 Å². The molecule has 1 aliphatic carbocycles. The van der Waals surface area contributed by atoms with Crippen molar-refractivity contribution in [2.45, 2.75) is 76.2 Å². The van der Waals surface area contributed by atoms with Gasteiger partial charge in [0.25, 0.3) is 5.91 Å². The molecule has 0 aromatic carbocycles. The zero-order valence-electron chi connectivity index (χ0n) is 19.6. The van der Waals surface area contributed by atoms with Crippen molar-refractivity contribution in [1.82, 2.24) is 25.6 Å². The summed E-state index contributed by atoms with van der Waals surface area (Å²) >= 11 is 0. The molecule has 1 aliphatic heterocycles. The number of hydrogen-bond donors (Lipinski definition) is 3. The third-order valence-electron chi connectivity index (χ3n) is 6.10. The van der Waals surface area contributed by atoms with Crippen LogP contribution in [0, 0.1) is 0 Å². The molecule has 2 amide bonds. The second-order valence-electron chi connectivity index (χ2n) is 9.54. The van der Waals surface area contributed by atoms with E-state index in [0.29, 0.717) is 35.9 Å². The van der Waals surface area contributed by atoms with Crippen LogP contribution >= 0.6 is 0 Å². The summed E-state index contributed by atoms with van der Waals surface area (Å²) < 4.78 is 42.6. The van der Waals surface area contributed by atoms with E-state index in [0.717, 1.165) is 12.0 Å². The van der Waals surface area contributed by atoms with Gasteiger partial charge in [0.15, 0.2) is 0 Å². The number of aromatic nitrogens is 3. The zero-order chi connectivity index (χ0) is 25.4. The maximum absolute atomic E-state index is 12.4. The topological polar surface area (TPSA) is 118 Å². The Balaban J connectivity index is 1.31. The molecule has 3 N–H and O–H groups in total. The van der Waals surface area contributed by atoms with Gasteiger partial charge in [0.2, 0.25) is 5.95 Å². The standard InChI is InChI=1S/C23H27F3N6O3/c1-12(9-23(24,25)26)29-21(34)35-15-5-4-13(8-15)14-10-27-20(28-11-14)31-17-7-6-16-18(30-17)22(2,3)32-19(16)33/h6-7,10-13,15H,4-5,8-9H2,1-3H3,(H,29,34)(H,32,33)(H,27,28,30,31)/t12-,13+,15-/m0/s1. The van der Waals surface area contributed by atoms with Crippen LogP contribution in [0.5, 0.6) is 0 Å². The van der Waals surface area contributed by atoms with Gasteiger partial charge in [0, 0.05) is 18.4 Å². The number of nitrogens with zero attached hydrogens (tertiary/aromatic N) is 3.